The summed E-state index contributed by atoms with van der Waals surface area (Å²) in [5, 5.41) is 0. The smallest absolute Gasteiger partial charge is 0.306 e. The second-order valence-electron chi connectivity index (χ2n) is 17.4. The number of hydrogen-bond acceptors (Lipinski definition) is 5. The van der Waals surface area contributed by atoms with Crippen LogP contribution >= 0.6 is 0 Å². The summed E-state index contributed by atoms with van der Waals surface area (Å²) >= 11 is 0. The topological polar surface area (TPSA) is 61.8 Å². The van der Waals surface area contributed by atoms with Gasteiger partial charge >= 0.3 is 11.9 Å². The average Bonchev–Trinajstić information content (AvgIpc) is 3.32. The molecule has 0 radical (unpaired) electrons. The zero-order valence-electron chi connectivity index (χ0n) is 42.9. The zero-order chi connectivity index (χ0) is 47.7. The Kier molecular flexibility index (Phi) is 52.5. The van der Waals surface area contributed by atoms with Crippen LogP contribution in [0.15, 0.2) is 122 Å². The van der Waals surface area contributed by atoms with E-state index in [0.717, 1.165) is 109 Å². The van der Waals surface area contributed by atoms with Crippen LogP contribution in [-0.4, -0.2) is 37.9 Å². The van der Waals surface area contributed by atoms with Crippen LogP contribution in [0.3, 0.4) is 0 Å². The Morgan fingerprint density at radius 1 is 0.348 bits per heavy atom. The monoisotopic (exact) mass is 913 g/mol. The molecule has 0 aliphatic heterocycles. The van der Waals surface area contributed by atoms with Gasteiger partial charge in [0.15, 0.2) is 6.10 Å². The van der Waals surface area contributed by atoms with E-state index >= 15 is 0 Å². The quantitative estimate of drug-likeness (QED) is 0.0346. The molecule has 0 rings (SSSR count). The zero-order valence-corrected chi connectivity index (χ0v) is 42.9. The van der Waals surface area contributed by atoms with Gasteiger partial charge in [-0.05, 0) is 96.3 Å². The first-order valence-corrected chi connectivity index (χ1v) is 27.1. The van der Waals surface area contributed by atoms with Gasteiger partial charge in [-0.3, -0.25) is 9.59 Å². The summed E-state index contributed by atoms with van der Waals surface area (Å²) in [4.78, 5) is 25.4. The lowest BCUT2D eigenvalue weighted by atomic mass is 10.0. The van der Waals surface area contributed by atoms with Crippen LogP contribution in [0.25, 0.3) is 0 Å². The molecule has 0 aliphatic rings. The summed E-state index contributed by atoms with van der Waals surface area (Å²) in [5.41, 5.74) is 0. The molecule has 0 N–H and O–H groups in total. The maximum atomic E-state index is 12.8. The van der Waals surface area contributed by atoms with Gasteiger partial charge in [0.05, 0.1) is 6.61 Å². The molecule has 0 aromatic carbocycles. The first-order chi connectivity index (χ1) is 32.6. The molecule has 0 fully saturated rings. The van der Waals surface area contributed by atoms with Crippen LogP contribution in [0.5, 0.6) is 0 Å². The lowest BCUT2D eigenvalue weighted by Crippen LogP contribution is -2.30. The molecule has 0 aliphatic carbocycles. The Balaban J connectivity index is 4.45. The first kappa shape index (κ1) is 62.3. The molecular weight excluding hydrogens is 813 g/mol. The fraction of sp³-hybridized carbons (Fsp3) is 0.639. The predicted molar refractivity (Wildman–Crippen MR) is 288 cm³/mol. The number of hydrogen-bond donors (Lipinski definition) is 0. The summed E-state index contributed by atoms with van der Waals surface area (Å²) in [7, 11) is 0. The third kappa shape index (κ3) is 52.9. The minimum absolute atomic E-state index is 0.0297. The van der Waals surface area contributed by atoms with Crippen LogP contribution in [0.2, 0.25) is 0 Å². The fourth-order valence-corrected chi connectivity index (χ4v) is 7.06. The molecule has 0 aromatic rings. The lowest BCUT2D eigenvalue weighted by Gasteiger charge is -2.18. The molecule has 5 nitrogen and oxygen atoms in total. The van der Waals surface area contributed by atoms with E-state index < -0.39 is 6.10 Å². The van der Waals surface area contributed by atoms with E-state index in [-0.39, 0.29) is 25.2 Å². The standard InChI is InChI=1S/C61H100O5/c1-4-7-10-13-16-19-22-25-28-30-31-33-34-36-39-42-45-48-51-54-60(62)65-58-59(57-64-56-53-50-47-44-41-38-27-24-21-18-15-12-9-6-3)66-61(63)55-52-49-46-43-40-37-35-32-29-26-23-20-17-14-11-8-5-2/h7-8,10-11,16-17,19-20,25-26,28-29,31,33,35-37,39,45,48,59H,4-6,9,12-15,18,21-24,27,30,32,34,38,40-44,46-47,49-58H2,1-3H3/b10-7-,11-8-,19-16-,20-17-,28-25-,29-26-,33-31-,37-35-,39-36-,48-45-. The number of unbranched alkanes of at least 4 members (excludes halogenated alkanes) is 17. The minimum Gasteiger partial charge on any atom is -0.462 e. The Morgan fingerprint density at radius 2 is 0.712 bits per heavy atom. The number of allylic oxidation sites excluding steroid dienone is 20. The minimum atomic E-state index is -0.586. The molecule has 0 saturated carbocycles. The molecule has 374 valence electrons. The number of rotatable bonds is 48. The first-order valence-electron chi connectivity index (χ1n) is 27.1. The molecule has 1 unspecified atom stereocenters. The second-order valence-corrected chi connectivity index (χ2v) is 17.4. The van der Waals surface area contributed by atoms with Crippen molar-refractivity contribution in [3.63, 3.8) is 0 Å². The van der Waals surface area contributed by atoms with Crippen molar-refractivity contribution in [3.05, 3.63) is 122 Å². The molecule has 0 heterocycles. The van der Waals surface area contributed by atoms with E-state index in [2.05, 4.69) is 136 Å². The summed E-state index contributed by atoms with van der Waals surface area (Å²) in [6.45, 7) is 7.50. The Morgan fingerprint density at radius 3 is 1.15 bits per heavy atom. The van der Waals surface area contributed by atoms with Gasteiger partial charge in [0.25, 0.3) is 0 Å². The van der Waals surface area contributed by atoms with Crippen molar-refractivity contribution in [1.82, 2.24) is 0 Å². The second kappa shape index (κ2) is 55.6. The summed E-state index contributed by atoms with van der Waals surface area (Å²) in [6.07, 6.45) is 77.9. The SMILES string of the molecule is CC/C=C\C/C=C\C/C=C\C/C=C\C/C=C\C/C=C\CCC(=O)OCC(COCCCCCCCCCCCCCCCC)OC(=O)CCCCCC/C=C\C/C=C\C/C=C\C/C=C\CC. The van der Waals surface area contributed by atoms with Crippen LogP contribution < -0.4 is 0 Å². The highest BCUT2D eigenvalue weighted by atomic mass is 16.6. The molecule has 1 atom stereocenters. The van der Waals surface area contributed by atoms with Gasteiger partial charge < -0.3 is 14.2 Å². The number of esters is 2. The average molecular weight is 913 g/mol. The van der Waals surface area contributed by atoms with Crippen molar-refractivity contribution in [2.24, 2.45) is 0 Å². The maximum absolute atomic E-state index is 12.8. The van der Waals surface area contributed by atoms with Gasteiger partial charge in [0.1, 0.15) is 6.61 Å². The maximum Gasteiger partial charge on any atom is 0.306 e. The summed E-state index contributed by atoms with van der Waals surface area (Å²) in [6, 6.07) is 0. The van der Waals surface area contributed by atoms with Crippen molar-refractivity contribution in [2.75, 3.05) is 19.8 Å². The van der Waals surface area contributed by atoms with E-state index in [1.54, 1.807) is 0 Å². The molecule has 5 heteroatoms. The summed E-state index contributed by atoms with van der Waals surface area (Å²) in [5.74, 6) is -0.524. The number of carbonyl (C=O) groups excluding carboxylic acids is 2. The summed E-state index contributed by atoms with van der Waals surface area (Å²) < 4.78 is 17.3. The molecule has 0 spiro atoms. The highest BCUT2D eigenvalue weighted by Gasteiger charge is 2.17. The van der Waals surface area contributed by atoms with Crippen molar-refractivity contribution in [3.8, 4) is 0 Å². The van der Waals surface area contributed by atoms with Gasteiger partial charge in [-0.15, -0.1) is 0 Å². The van der Waals surface area contributed by atoms with Crippen molar-refractivity contribution in [2.45, 2.75) is 232 Å². The Hall–Kier alpha value is -3.70. The van der Waals surface area contributed by atoms with E-state index in [9.17, 15) is 9.59 Å². The normalized spacial score (nSPS) is 13.2. The predicted octanol–water partition coefficient (Wildman–Crippen LogP) is 18.6. The Labute approximate surface area is 407 Å². The number of carbonyl (C=O) groups is 2. The Bertz CT molecular complexity index is 1350. The van der Waals surface area contributed by atoms with E-state index in [1.807, 2.05) is 6.08 Å². The van der Waals surface area contributed by atoms with Gasteiger partial charge in [0, 0.05) is 19.4 Å². The van der Waals surface area contributed by atoms with Gasteiger partial charge in [-0.1, -0.05) is 239 Å². The van der Waals surface area contributed by atoms with Gasteiger partial charge in [0.2, 0.25) is 0 Å². The molecule has 0 aromatic heterocycles. The van der Waals surface area contributed by atoms with Crippen molar-refractivity contribution < 1.29 is 23.8 Å². The van der Waals surface area contributed by atoms with Gasteiger partial charge in [-0.25, -0.2) is 0 Å². The van der Waals surface area contributed by atoms with Gasteiger partial charge in [-0.2, -0.15) is 0 Å². The van der Waals surface area contributed by atoms with E-state index in [0.29, 0.717) is 25.9 Å². The number of ether oxygens (including phenoxy) is 3. The highest BCUT2D eigenvalue weighted by molar-refractivity contribution is 5.70. The van der Waals surface area contributed by atoms with Crippen LogP contribution in [0.1, 0.15) is 226 Å². The van der Waals surface area contributed by atoms with Crippen LogP contribution in [-0.2, 0) is 23.8 Å². The fourth-order valence-electron chi connectivity index (χ4n) is 7.06. The molecule has 0 amide bonds. The molecule has 66 heavy (non-hydrogen) atoms. The van der Waals surface area contributed by atoms with Crippen LogP contribution in [0, 0.1) is 0 Å². The largest absolute Gasteiger partial charge is 0.462 e. The van der Waals surface area contributed by atoms with E-state index in [1.165, 1.54) is 77.0 Å². The van der Waals surface area contributed by atoms with E-state index in [4.69, 9.17) is 14.2 Å². The van der Waals surface area contributed by atoms with Crippen LogP contribution in [0.4, 0.5) is 0 Å². The molecule has 0 saturated heterocycles. The highest BCUT2D eigenvalue weighted by Crippen LogP contribution is 2.14. The third-order valence-electron chi connectivity index (χ3n) is 11.0. The van der Waals surface area contributed by atoms with Crippen molar-refractivity contribution >= 4 is 11.9 Å². The molecule has 0 bridgehead atoms. The lowest BCUT2D eigenvalue weighted by molar-refractivity contribution is -0.162. The molecular formula is C61H100O5. The third-order valence-corrected chi connectivity index (χ3v) is 11.0. The van der Waals surface area contributed by atoms with Crippen molar-refractivity contribution in [1.29, 1.82) is 0 Å².